The lowest BCUT2D eigenvalue weighted by Gasteiger charge is -1.98. The number of nitrogens with one attached hydrogen (secondary N) is 1. The van der Waals surface area contributed by atoms with Crippen LogP contribution < -0.4 is 0 Å². The number of hydrogen-bond donors (Lipinski definition) is 1. The van der Waals surface area contributed by atoms with Gasteiger partial charge in [-0.1, -0.05) is 19.0 Å². The fourth-order valence-corrected chi connectivity index (χ4v) is 1.80. The van der Waals surface area contributed by atoms with Gasteiger partial charge in [0.1, 0.15) is 11.8 Å². The van der Waals surface area contributed by atoms with Crippen LogP contribution in [0.1, 0.15) is 25.4 Å². The van der Waals surface area contributed by atoms with Crippen LogP contribution in [0.4, 0.5) is 0 Å². The highest BCUT2D eigenvalue weighted by atomic mass is 32.2. The van der Waals surface area contributed by atoms with Crippen molar-refractivity contribution < 1.29 is 4.52 Å². The Morgan fingerprint density at radius 2 is 2.41 bits per heavy atom. The second-order valence-corrected chi connectivity index (χ2v) is 5.21. The number of aromatic amines is 1. The molecular formula is C10H11N5OS. The van der Waals surface area contributed by atoms with Crippen molar-refractivity contribution in [3.8, 4) is 17.5 Å². The van der Waals surface area contributed by atoms with E-state index in [2.05, 4.69) is 34.2 Å². The highest BCUT2D eigenvalue weighted by molar-refractivity contribution is 7.99. The van der Waals surface area contributed by atoms with E-state index in [1.807, 2.05) is 6.07 Å². The van der Waals surface area contributed by atoms with Crippen molar-refractivity contribution in [2.45, 2.75) is 24.9 Å². The summed E-state index contributed by atoms with van der Waals surface area (Å²) in [5.74, 6) is 1.65. The van der Waals surface area contributed by atoms with Crippen molar-refractivity contribution in [2.24, 2.45) is 0 Å². The Hall–Kier alpha value is -1.81. The van der Waals surface area contributed by atoms with Crippen LogP contribution in [0.2, 0.25) is 0 Å². The van der Waals surface area contributed by atoms with Crippen molar-refractivity contribution in [1.29, 1.82) is 5.26 Å². The third-order valence-corrected chi connectivity index (χ3v) is 3.09. The number of nitriles is 1. The predicted octanol–water partition coefficient (Wildman–Crippen LogP) is 1.97. The summed E-state index contributed by atoms with van der Waals surface area (Å²) in [5, 5.41) is 19.6. The van der Waals surface area contributed by atoms with Gasteiger partial charge >= 0.3 is 0 Å². The smallest absolute Gasteiger partial charge is 0.262 e. The van der Waals surface area contributed by atoms with Gasteiger partial charge in [0.15, 0.2) is 5.82 Å². The molecule has 0 aromatic carbocycles. The summed E-state index contributed by atoms with van der Waals surface area (Å²) >= 11 is 1.73. The average molecular weight is 249 g/mol. The van der Waals surface area contributed by atoms with Crippen LogP contribution in [-0.2, 0) is 5.75 Å². The van der Waals surface area contributed by atoms with E-state index in [0.29, 0.717) is 34.0 Å². The average Bonchev–Trinajstić information content (AvgIpc) is 2.94. The number of hydrogen-bond acceptors (Lipinski definition) is 6. The van der Waals surface area contributed by atoms with Crippen molar-refractivity contribution in [2.75, 3.05) is 0 Å². The van der Waals surface area contributed by atoms with Crippen molar-refractivity contribution in [3.63, 3.8) is 0 Å². The number of H-pyrrole nitrogens is 1. The molecule has 0 aliphatic rings. The monoisotopic (exact) mass is 249 g/mol. The summed E-state index contributed by atoms with van der Waals surface area (Å²) < 4.78 is 5.10. The summed E-state index contributed by atoms with van der Waals surface area (Å²) in [6.07, 6.45) is 1.51. The molecule has 0 aliphatic heterocycles. The molecule has 0 amide bonds. The minimum atomic E-state index is 0.328. The van der Waals surface area contributed by atoms with Gasteiger partial charge in [0.05, 0.1) is 17.5 Å². The van der Waals surface area contributed by atoms with E-state index in [1.165, 1.54) is 6.20 Å². The van der Waals surface area contributed by atoms with Gasteiger partial charge < -0.3 is 4.52 Å². The molecule has 2 aromatic heterocycles. The van der Waals surface area contributed by atoms with Gasteiger partial charge in [0.2, 0.25) is 0 Å². The molecule has 0 spiro atoms. The first kappa shape index (κ1) is 11.7. The van der Waals surface area contributed by atoms with E-state index in [9.17, 15) is 0 Å². The van der Waals surface area contributed by atoms with Crippen LogP contribution in [0.25, 0.3) is 11.5 Å². The minimum Gasteiger partial charge on any atom is -0.334 e. The molecule has 0 saturated heterocycles. The first-order valence-corrected chi connectivity index (χ1v) is 6.13. The van der Waals surface area contributed by atoms with E-state index in [1.54, 1.807) is 11.8 Å². The van der Waals surface area contributed by atoms with Gasteiger partial charge in [-0.25, -0.2) is 0 Å². The van der Waals surface area contributed by atoms with E-state index < -0.39 is 0 Å². The van der Waals surface area contributed by atoms with Crippen molar-refractivity contribution in [1.82, 2.24) is 20.3 Å². The summed E-state index contributed by atoms with van der Waals surface area (Å²) in [5.41, 5.74) is 0.873. The van der Waals surface area contributed by atoms with Gasteiger partial charge in [0, 0.05) is 0 Å². The Morgan fingerprint density at radius 1 is 1.59 bits per heavy atom. The summed E-state index contributed by atoms with van der Waals surface area (Å²) in [6.45, 7) is 4.21. The van der Waals surface area contributed by atoms with Gasteiger partial charge in [-0.2, -0.15) is 27.1 Å². The van der Waals surface area contributed by atoms with E-state index in [-0.39, 0.29) is 0 Å². The zero-order valence-electron chi connectivity index (χ0n) is 9.47. The quantitative estimate of drug-likeness (QED) is 0.890. The molecule has 7 heteroatoms. The van der Waals surface area contributed by atoms with E-state index >= 15 is 0 Å². The lowest BCUT2D eigenvalue weighted by molar-refractivity contribution is 0.425. The molecular weight excluding hydrogens is 238 g/mol. The maximum atomic E-state index is 8.84. The van der Waals surface area contributed by atoms with Crippen LogP contribution >= 0.6 is 11.8 Å². The molecule has 0 unspecified atom stereocenters. The second-order valence-electron chi connectivity index (χ2n) is 3.65. The topological polar surface area (TPSA) is 91.4 Å². The maximum absolute atomic E-state index is 8.84. The number of aromatic nitrogens is 4. The Morgan fingerprint density at radius 3 is 3.12 bits per heavy atom. The van der Waals surface area contributed by atoms with Crippen molar-refractivity contribution >= 4 is 11.8 Å². The molecule has 0 fully saturated rings. The second kappa shape index (κ2) is 5.01. The van der Waals surface area contributed by atoms with E-state index in [4.69, 9.17) is 9.78 Å². The zero-order chi connectivity index (χ0) is 12.3. The molecule has 6 nitrogen and oxygen atoms in total. The predicted molar refractivity (Wildman–Crippen MR) is 63.0 cm³/mol. The molecule has 17 heavy (non-hydrogen) atoms. The molecule has 0 saturated carbocycles. The maximum Gasteiger partial charge on any atom is 0.262 e. The molecule has 0 aliphatic carbocycles. The van der Waals surface area contributed by atoms with Gasteiger partial charge in [0.25, 0.3) is 5.89 Å². The number of rotatable bonds is 4. The summed E-state index contributed by atoms with van der Waals surface area (Å²) in [6, 6.07) is 1.98. The third-order valence-electron chi connectivity index (χ3n) is 2.00. The minimum absolute atomic E-state index is 0.328. The molecule has 2 aromatic rings. The standard InChI is InChI=1S/C10H11N5OS/c1-6(2)17-5-9-13-10(16-15-9)7-4-12-14-8(7)3-11/h4,6H,5H2,1-2H3,(H,12,14). The van der Waals surface area contributed by atoms with Crippen LogP contribution in [-0.4, -0.2) is 25.6 Å². The Bertz CT molecular complexity index is 539. The number of nitrogens with zero attached hydrogens (tertiary/aromatic N) is 4. The normalized spacial score (nSPS) is 10.7. The first-order chi connectivity index (χ1) is 8.20. The molecule has 2 rings (SSSR count). The Kier molecular flexibility index (Phi) is 3.44. The number of thioether (sulfide) groups is 1. The fourth-order valence-electron chi connectivity index (χ4n) is 1.20. The van der Waals surface area contributed by atoms with Gasteiger partial charge in [-0.15, -0.1) is 0 Å². The SMILES string of the molecule is CC(C)SCc1noc(-c2cn[nH]c2C#N)n1. The van der Waals surface area contributed by atoms with Gasteiger partial charge in [-0.05, 0) is 5.25 Å². The molecule has 0 radical (unpaired) electrons. The van der Waals surface area contributed by atoms with Crippen molar-refractivity contribution in [3.05, 3.63) is 17.7 Å². The molecule has 0 atom stereocenters. The first-order valence-electron chi connectivity index (χ1n) is 5.08. The molecule has 0 bridgehead atoms. The van der Waals surface area contributed by atoms with Gasteiger partial charge in [-0.3, -0.25) is 5.10 Å². The zero-order valence-corrected chi connectivity index (χ0v) is 10.3. The summed E-state index contributed by atoms with van der Waals surface area (Å²) in [7, 11) is 0. The molecule has 1 N–H and O–H groups in total. The highest BCUT2D eigenvalue weighted by Gasteiger charge is 2.14. The van der Waals surface area contributed by atoms with E-state index in [0.717, 1.165) is 0 Å². The third kappa shape index (κ3) is 2.65. The lowest BCUT2D eigenvalue weighted by atomic mass is 10.2. The molecule has 2 heterocycles. The fraction of sp³-hybridized carbons (Fsp3) is 0.400. The largest absolute Gasteiger partial charge is 0.334 e. The summed E-state index contributed by atoms with van der Waals surface area (Å²) in [4.78, 5) is 4.22. The lowest BCUT2D eigenvalue weighted by Crippen LogP contribution is -1.90. The van der Waals surface area contributed by atoms with Crippen LogP contribution in [0.5, 0.6) is 0 Å². The Labute approximate surface area is 102 Å². The van der Waals surface area contributed by atoms with Crippen LogP contribution in [0.15, 0.2) is 10.7 Å². The van der Waals surface area contributed by atoms with Crippen LogP contribution in [0.3, 0.4) is 0 Å². The molecule has 88 valence electrons. The highest BCUT2D eigenvalue weighted by Crippen LogP contribution is 2.21. The van der Waals surface area contributed by atoms with Crippen LogP contribution in [0, 0.1) is 11.3 Å². The Balaban J connectivity index is 2.16.